The van der Waals surface area contributed by atoms with Crippen molar-refractivity contribution >= 4 is 59.1 Å². The number of carboxylic acid groups (broad SMARTS) is 1. The van der Waals surface area contributed by atoms with E-state index in [9.17, 15) is 63.3 Å². The first-order valence-electron chi connectivity index (χ1n) is 22.8. The summed E-state index contributed by atoms with van der Waals surface area (Å²) in [5.74, 6) is -8.39. The number of carbonyl (C=O) groups excluding carboxylic acids is 9. The first kappa shape index (κ1) is 54.1. The quantitative estimate of drug-likeness (QED) is 0.0400. The molecule has 4 aliphatic rings. The van der Waals surface area contributed by atoms with Gasteiger partial charge in [0.15, 0.2) is 0 Å². The molecule has 9 amide bonds. The maximum absolute atomic E-state index is 14.0. The molecule has 0 aliphatic carbocycles. The van der Waals surface area contributed by atoms with Gasteiger partial charge in [0.05, 0.1) is 38.5 Å². The summed E-state index contributed by atoms with van der Waals surface area (Å²) < 4.78 is 0. The molecule has 0 bridgehead atoms. The summed E-state index contributed by atoms with van der Waals surface area (Å²) in [6.07, 6.45) is 3.12. The molecule has 26 nitrogen and oxygen atoms in total. The molecule has 4 heterocycles. The van der Waals surface area contributed by atoms with Gasteiger partial charge in [-0.2, -0.15) is 0 Å². The highest BCUT2D eigenvalue weighted by Gasteiger charge is 2.45. The fourth-order valence-corrected chi connectivity index (χ4v) is 8.68. The van der Waals surface area contributed by atoms with Crippen molar-refractivity contribution in [1.29, 1.82) is 0 Å². The number of hydrogen-bond acceptors (Lipinski definition) is 16. The van der Waals surface area contributed by atoms with Crippen LogP contribution in [0.5, 0.6) is 0 Å². The Morgan fingerprint density at radius 3 is 1.75 bits per heavy atom. The van der Waals surface area contributed by atoms with Crippen LogP contribution in [0.25, 0.3) is 0 Å². The molecular weight excluding hydrogens is 887 g/mol. The molecule has 4 saturated heterocycles. The van der Waals surface area contributed by atoms with Gasteiger partial charge >= 0.3 is 5.97 Å². The molecule has 14 N–H and O–H groups in total. The second kappa shape index (κ2) is 26.1. The van der Waals surface area contributed by atoms with Crippen LogP contribution in [0.1, 0.15) is 77.6 Å². The van der Waals surface area contributed by atoms with Crippen LogP contribution >= 0.6 is 0 Å². The van der Waals surface area contributed by atoms with Crippen LogP contribution in [0.15, 0.2) is 0 Å². The van der Waals surface area contributed by atoms with E-state index < -0.39 is 140 Å². The van der Waals surface area contributed by atoms with E-state index in [1.807, 2.05) is 5.32 Å². The molecule has 26 heteroatoms. The van der Waals surface area contributed by atoms with Crippen LogP contribution in [-0.4, -0.2) is 219 Å². The van der Waals surface area contributed by atoms with Crippen LogP contribution in [0, 0.1) is 0 Å². The summed E-state index contributed by atoms with van der Waals surface area (Å²) >= 11 is 0. The Balaban J connectivity index is 1.35. The number of amides is 9. The maximum atomic E-state index is 14.0. The summed E-state index contributed by atoms with van der Waals surface area (Å²) in [7, 11) is 0. The van der Waals surface area contributed by atoms with Gasteiger partial charge in [-0.25, -0.2) is 4.79 Å². The predicted molar refractivity (Wildman–Crippen MR) is 231 cm³/mol. The maximum Gasteiger partial charge on any atom is 0.328 e. The molecule has 0 aromatic heterocycles. The lowest BCUT2D eigenvalue weighted by Crippen LogP contribution is -2.62. The van der Waals surface area contributed by atoms with Crippen LogP contribution in [-0.2, 0) is 47.9 Å². The van der Waals surface area contributed by atoms with Crippen LogP contribution in [0.3, 0.4) is 0 Å². The number of nitrogens with zero attached hydrogens (tertiary/aromatic N) is 3. The molecular formula is C41H67N11O15. The van der Waals surface area contributed by atoms with E-state index in [0.29, 0.717) is 58.0 Å². The van der Waals surface area contributed by atoms with E-state index in [4.69, 9.17) is 15.9 Å². The number of unbranched alkanes of at least 4 members (excludes halogenated alkanes) is 1. The van der Waals surface area contributed by atoms with Crippen molar-refractivity contribution in [2.75, 3.05) is 59.1 Å². The van der Waals surface area contributed by atoms with Crippen molar-refractivity contribution in [3.63, 3.8) is 0 Å². The monoisotopic (exact) mass is 953 g/mol. The fraction of sp³-hybridized carbons (Fsp3) is 0.756. The van der Waals surface area contributed by atoms with Crippen molar-refractivity contribution in [3.05, 3.63) is 0 Å². The molecule has 0 unspecified atom stereocenters. The van der Waals surface area contributed by atoms with Gasteiger partial charge in [-0.1, -0.05) is 0 Å². The fourth-order valence-electron chi connectivity index (χ4n) is 8.68. The molecule has 4 rings (SSSR count). The standard InChI is InChI=1S/C41H67N11O15/c1-22(56)32(49-35(60)26(20-54)47-37(62)29-11-6-15-50(29)38(63)24(8-2-3-13-42)46-33(58)23-9-4-14-43-23)40(65)52-17-7-12-30(52)39(64)51-16-5-10-28(51)36(61)44-18-31(57)45-25(19-53)34(59)48-27(21-55)41(66)67/h22-30,32,43,53-56H,2-21,42H2,1H3,(H,44,61)(H,45,57)(H,46,58)(H,47,62)(H,48,59)(H,49,60)(H,66,67)/t22-,23+,24+,25+,26+,27+,28+,29+,30+,32+/m1/s1. The third-order valence-electron chi connectivity index (χ3n) is 12.4. The number of nitrogens with two attached hydrogens (primary N) is 1. The topological polar surface area (TPSA) is 392 Å². The molecule has 0 aromatic carbocycles. The Bertz CT molecular complexity index is 1800. The van der Waals surface area contributed by atoms with Gasteiger partial charge in [0, 0.05) is 19.6 Å². The smallest absolute Gasteiger partial charge is 0.328 e. The second-order valence-corrected chi connectivity index (χ2v) is 17.1. The van der Waals surface area contributed by atoms with Gasteiger partial charge in [-0.3, -0.25) is 43.2 Å². The molecule has 0 radical (unpaired) electrons. The molecule has 0 spiro atoms. The molecule has 4 fully saturated rings. The molecule has 0 saturated carbocycles. The van der Waals surface area contributed by atoms with Crippen molar-refractivity contribution in [3.8, 4) is 0 Å². The molecule has 4 aliphatic heterocycles. The average molecular weight is 954 g/mol. The van der Waals surface area contributed by atoms with Gasteiger partial charge in [-0.05, 0) is 90.6 Å². The van der Waals surface area contributed by atoms with E-state index in [1.165, 1.54) is 21.6 Å². The van der Waals surface area contributed by atoms with Crippen LogP contribution in [0.4, 0.5) is 0 Å². The van der Waals surface area contributed by atoms with Crippen molar-refractivity contribution in [2.24, 2.45) is 5.73 Å². The molecule has 0 aromatic rings. The third kappa shape index (κ3) is 14.5. The van der Waals surface area contributed by atoms with Crippen molar-refractivity contribution < 1.29 is 73.5 Å². The number of aliphatic hydroxyl groups is 4. The van der Waals surface area contributed by atoms with Gasteiger partial charge < -0.3 is 83.2 Å². The van der Waals surface area contributed by atoms with Gasteiger partial charge in [0.1, 0.15) is 48.3 Å². The minimum absolute atomic E-state index is 0.0425. The number of carboxylic acids is 1. The zero-order valence-corrected chi connectivity index (χ0v) is 37.7. The van der Waals surface area contributed by atoms with E-state index in [0.717, 1.165) is 6.42 Å². The van der Waals surface area contributed by atoms with Gasteiger partial charge in [0.25, 0.3) is 0 Å². The molecule has 10 atom stereocenters. The highest BCUT2D eigenvalue weighted by Crippen LogP contribution is 2.26. The minimum atomic E-state index is -1.70. The number of aliphatic carboxylic acids is 1. The number of aliphatic hydroxyl groups excluding tert-OH is 4. The summed E-state index contributed by atoms with van der Waals surface area (Å²) in [6.45, 7) is -0.876. The van der Waals surface area contributed by atoms with E-state index in [-0.39, 0.29) is 44.8 Å². The third-order valence-corrected chi connectivity index (χ3v) is 12.4. The number of likely N-dealkylation sites (tertiary alicyclic amines) is 3. The number of nitrogens with one attached hydrogen (secondary N) is 7. The Labute approximate surface area is 386 Å². The molecule has 376 valence electrons. The summed E-state index contributed by atoms with van der Waals surface area (Å²) in [4.78, 5) is 135. The van der Waals surface area contributed by atoms with Crippen molar-refractivity contribution in [2.45, 2.75) is 138 Å². The van der Waals surface area contributed by atoms with Gasteiger partial charge in [0.2, 0.25) is 53.2 Å². The van der Waals surface area contributed by atoms with Crippen molar-refractivity contribution in [1.82, 2.24) is 51.9 Å². The predicted octanol–water partition coefficient (Wildman–Crippen LogP) is -7.18. The zero-order chi connectivity index (χ0) is 49.4. The lowest BCUT2D eigenvalue weighted by molar-refractivity contribution is -0.149. The Morgan fingerprint density at radius 2 is 1.18 bits per heavy atom. The minimum Gasteiger partial charge on any atom is -0.480 e. The lowest BCUT2D eigenvalue weighted by Gasteiger charge is -2.34. The zero-order valence-electron chi connectivity index (χ0n) is 37.7. The summed E-state index contributed by atoms with van der Waals surface area (Å²) in [5.41, 5.74) is 5.66. The first-order valence-corrected chi connectivity index (χ1v) is 22.8. The lowest BCUT2D eigenvalue weighted by atomic mass is 10.1. The number of rotatable bonds is 24. The van der Waals surface area contributed by atoms with Crippen LogP contribution in [0.2, 0.25) is 0 Å². The number of hydrogen-bond donors (Lipinski definition) is 13. The van der Waals surface area contributed by atoms with E-state index in [2.05, 4.69) is 31.9 Å². The number of carbonyl (C=O) groups is 10. The largest absolute Gasteiger partial charge is 0.480 e. The normalized spacial score (nSPS) is 23.0. The Morgan fingerprint density at radius 1 is 0.627 bits per heavy atom. The summed E-state index contributed by atoms with van der Waals surface area (Å²) in [6, 6.07) is -11.2. The van der Waals surface area contributed by atoms with E-state index in [1.54, 1.807) is 0 Å². The highest BCUT2D eigenvalue weighted by atomic mass is 16.4. The van der Waals surface area contributed by atoms with E-state index >= 15 is 0 Å². The summed E-state index contributed by atoms with van der Waals surface area (Å²) in [5, 5.41) is 66.0. The molecule has 67 heavy (non-hydrogen) atoms. The highest BCUT2D eigenvalue weighted by molar-refractivity contribution is 5.98. The van der Waals surface area contributed by atoms with Gasteiger partial charge in [-0.15, -0.1) is 0 Å². The van der Waals surface area contributed by atoms with Crippen LogP contribution < -0.4 is 43.0 Å². The Kier molecular flexibility index (Phi) is 21.1. The second-order valence-electron chi connectivity index (χ2n) is 17.1. The first-order chi connectivity index (χ1) is 32.0. The average Bonchev–Trinajstić information content (AvgIpc) is 4.16. The SMILES string of the molecule is C[C@@H](O)[C@H](NC(=O)[C@H](CO)NC(=O)[C@@H]1CCCN1C(=O)[C@H](CCCCN)NC(=O)[C@@H]1CCCN1)C(=O)N1CCC[C@H]1C(=O)N1CCC[C@H]1C(=O)NCC(=O)N[C@@H](CO)C(=O)N[C@@H](CO)C(=O)O. The Hall–Kier alpha value is -5.54.